The van der Waals surface area contributed by atoms with Crippen molar-refractivity contribution in [1.29, 1.82) is 0 Å². The van der Waals surface area contributed by atoms with Crippen LogP contribution >= 0.6 is 0 Å². The van der Waals surface area contributed by atoms with E-state index in [1.807, 2.05) is 25.7 Å². The minimum Gasteiger partial charge on any atom is -0.494 e. The second-order valence-corrected chi connectivity index (χ2v) is 11.2. The number of aromatic hydroxyl groups is 1. The van der Waals surface area contributed by atoms with E-state index in [0.29, 0.717) is 31.7 Å². The van der Waals surface area contributed by atoms with Gasteiger partial charge in [-0.2, -0.15) is 9.61 Å². The number of carbonyl (C=O) groups is 2. The number of halogens is 2. The number of fused-ring (bicyclic) bond motifs is 1. The van der Waals surface area contributed by atoms with Crippen molar-refractivity contribution in [1.82, 2.24) is 29.3 Å². The quantitative estimate of drug-likeness (QED) is 0.529. The molecule has 0 bridgehead atoms. The molecule has 2 aromatic rings. The number of nitrogens with one attached hydrogen (secondary N) is 1. The number of hydrogen-bond acceptors (Lipinski definition) is 6. The number of alkyl halides is 2. The van der Waals surface area contributed by atoms with Crippen LogP contribution in [0.4, 0.5) is 8.78 Å². The summed E-state index contributed by atoms with van der Waals surface area (Å²) in [6, 6.07) is -0.271. The molecule has 1 saturated heterocycles. The molecule has 10 nitrogen and oxygen atoms in total. The first kappa shape index (κ1) is 26.3. The highest BCUT2D eigenvalue weighted by Crippen LogP contribution is 2.41. The molecule has 3 heterocycles. The van der Waals surface area contributed by atoms with Gasteiger partial charge in [0.1, 0.15) is 5.65 Å². The van der Waals surface area contributed by atoms with Gasteiger partial charge in [0.05, 0.1) is 6.20 Å². The molecule has 0 spiro atoms. The molecule has 2 amide bonds. The Balaban J connectivity index is 1.38. The lowest BCUT2D eigenvalue weighted by Gasteiger charge is -2.48. The second kappa shape index (κ2) is 9.79. The maximum absolute atomic E-state index is 13.3. The first-order chi connectivity index (χ1) is 17.9. The summed E-state index contributed by atoms with van der Waals surface area (Å²) in [6.07, 6.45) is 5.80. The van der Waals surface area contributed by atoms with E-state index in [2.05, 4.69) is 10.4 Å². The van der Waals surface area contributed by atoms with Gasteiger partial charge < -0.3 is 15.3 Å². The molecule has 5 rings (SSSR count). The third-order valence-corrected chi connectivity index (χ3v) is 7.53. The number of carbonyl (C=O) groups excluding carboxylic acids is 2. The van der Waals surface area contributed by atoms with Crippen molar-refractivity contribution in [3.63, 3.8) is 0 Å². The standard InChI is InChI=1S/C26H34F2N6O4/c1-15(2)13-33-23-17(12-29-34(23)25(38)21(24(33)37)22(36)30-18-5-6-18)4-7-20(35)32-9-8-31(14-16(32)3)19-10-26(27,28)11-19/h4,7,12,15-16,18-19,37H,5-6,8-11,13-14H2,1-3H3,(H,30,36)/b7-4+/t16-/m0/s1. The second-order valence-electron chi connectivity index (χ2n) is 11.2. The Bertz CT molecular complexity index is 1340. The summed E-state index contributed by atoms with van der Waals surface area (Å²) in [6.45, 7) is 7.60. The summed E-state index contributed by atoms with van der Waals surface area (Å²) >= 11 is 0. The van der Waals surface area contributed by atoms with Crippen LogP contribution in [0.1, 0.15) is 62.4 Å². The van der Waals surface area contributed by atoms with Crippen LogP contribution in [0.3, 0.4) is 0 Å². The summed E-state index contributed by atoms with van der Waals surface area (Å²) in [5, 5.41) is 17.9. The summed E-state index contributed by atoms with van der Waals surface area (Å²) in [4.78, 5) is 42.7. The van der Waals surface area contributed by atoms with Crippen molar-refractivity contribution in [3.05, 3.63) is 33.8 Å². The minimum atomic E-state index is -2.58. The number of hydrogen-bond donors (Lipinski definition) is 2. The Morgan fingerprint density at radius 1 is 1.26 bits per heavy atom. The van der Waals surface area contributed by atoms with Gasteiger partial charge in [0, 0.05) is 68.8 Å². The molecule has 2 N–H and O–H groups in total. The molecule has 0 unspecified atom stereocenters. The number of aromatic nitrogens is 3. The number of piperazine rings is 1. The fourth-order valence-electron chi connectivity index (χ4n) is 5.34. The first-order valence-corrected chi connectivity index (χ1v) is 13.2. The van der Waals surface area contributed by atoms with Crippen LogP contribution < -0.4 is 10.9 Å². The van der Waals surface area contributed by atoms with Crippen molar-refractivity contribution >= 4 is 23.5 Å². The molecule has 206 valence electrons. The molecule has 1 aliphatic heterocycles. The summed E-state index contributed by atoms with van der Waals surface area (Å²) in [7, 11) is 0. The lowest BCUT2D eigenvalue weighted by atomic mass is 9.86. The van der Waals surface area contributed by atoms with E-state index >= 15 is 0 Å². The number of rotatable bonds is 7. The smallest absolute Gasteiger partial charge is 0.291 e. The lowest BCUT2D eigenvalue weighted by Crippen LogP contribution is -2.60. The molecule has 2 saturated carbocycles. The van der Waals surface area contributed by atoms with Gasteiger partial charge in [0.15, 0.2) is 5.56 Å². The van der Waals surface area contributed by atoms with Gasteiger partial charge in [-0.25, -0.2) is 8.78 Å². The lowest BCUT2D eigenvalue weighted by molar-refractivity contribution is -0.143. The van der Waals surface area contributed by atoms with Crippen LogP contribution in [-0.2, 0) is 11.3 Å². The van der Waals surface area contributed by atoms with Crippen molar-refractivity contribution in [2.45, 2.75) is 77.0 Å². The fourth-order valence-corrected chi connectivity index (χ4v) is 5.34. The largest absolute Gasteiger partial charge is 0.494 e. The van der Waals surface area contributed by atoms with Crippen molar-refractivity contribution in [2.24, 2.45) is 5.92 Å². The highest BCUT2D eigenvalue weighted by Gasteiger charge is 2.48. The Kier molecular flexibility index (Phi) is 6.79. The van der Waals surface area contributed by atoms with Gasteiger partial charge in [-0.1, -0.05) is 13.8 Å². The number of nitrogens with zero attached hydrogens (tertiary/aromatic N) is 5. The first-order valence-electron chi connectivity index (χ1n) is 13.2. The maximum Gasteiger partial charge on any atom is 0.291 e. The fraction of sp³-hybridized carbons (Fsp3) is 0.615. The van der Waals surface area contributed by atoms with Crippen LogP contribution in [0, 0.1) is 5.92 Å². The molecule has 38 heavy (non-hydrogen) atoms. The van der Waals surface area contributed by atoms with E-state index in [-0.39, 0.29) is 54.0 Å². The molecule has 0 radical (unpaired) electrons. The highest BCUT2D eigenvalue weighted by atomic mass is 19.3. The molecule has 2 aliphatic carbocycles. The SMILES string of the molecule is CC(C)Cn1c(O)c(C(=O)NC2CC2)c(=O)n2ncc(/C=C/C(=O)N3CCN(C4CC(F)(F)C4)C[C@@H]3C)c12. The third kappa shape index (κ3) is 5.05. The Morgan fingerprint density at radius 3 is 2.58 bits per heavy atom. The summed E-state index contributed by atoms with van der Waals surface area (Å²) in [5.41, 5.74) is -0.343. The molecule has 3 fully saturated rings. The van der Waals surface area contributed by atoms with Gasteiger partial charge in [0.25, 0.3) is 17.4 Å². The van der Waals surface area contributed by atoms with Gasteiger partial charge in [-0.15, -0.1) is 0 Å². The predicted molar refractivity (Wildman–Crippen MR) is 136 cm³/mol. The zero-order valence-corrected chi connectivity index (χ0v) is 21.9. The molecule has 2 aromatic heterocycles. The van der Waals surface area contributed by atoms with E-state index in [9.17, 15) is 28.3 Å². The van der Waals surface area contributed by atoms with E-state index in [0.717, 1.165) is 17.4 Å². The third-order valence-electron chi connectivity index (χ3n) is 7.53. The molecular formula is C26H34F2N6O4. The van der Waals surface area contributed by atoms with Crippen LogP contribution in [0.5, 0.6) is 5.88 Å². The van der Waals surface area contributed by atoms with E-state index < -0.39 is 23.3 Å². The molecule has 12 heteroatoms. The summed E-state index contributed by atoms with van der Waals surface area (Å²) < 4.78 is 29.2. The maximum atomic E-state index is 13.3. The van der Waals surface area contributed by atoms with Crippen LogP contribution in [0.2, 0.25) is 0 Å². The molecule has 0 aromatic carbocycles. The number of amides is 2. The van der Waals surface area contributed by atoms with Crippen molar-refractivity contribution in [3.8, 4) is 5.88 Å². The molecular weight excluding hydrogens is 498 g/mol. The normalized spacial score (nSPS) is 22.4. The van der Waals surface area contributed by atoms with E-state index in [4.69, 9.17) is 0 Å². The van der Waals surface area contributed by atoms with E-state index in [1.165, 1.54) is 16.8 Å². The highest BCUT2D eigenvalue weighted by molar-refractivity contribution is 5.97. The van der Waals surface area contributed by atoms with Crippen LogP contribution in [0.15, 0.2) is 17.1 Å². The average molecular weight is 533 g/mol. The Morgan fingerprint density at radius 2 is 1.97 bits per heavy atom. The topological polar surface area (TPSA) is 112 Å². The summed E-state index contributed by atoms with van der Waals surface area (Å²) in [5.74, 6) is -3.80. The average Bonchev–Trinajstić information content (AvgIpc) is 3.53. The Labute approximate surface area is 218 Å². The monoisotopic (exact) mass is 532 g/mol. The molecule has 3 aliphatic rings. The van der Waals surface area contributed by atoms with Gasteiger partial charge in [-0.3, -0.25) is 23.9 Å². The van der Waals surface area contributed by atoms with Gasteiger partial charge in [-0.05, 0) is 31.8 Å². The van der Waals surface area contributed by atoms with Crippen LogP contribution in [0.25, 0.3) is 11.7 Å². The van der Waals surface area contributed by atoms with Crippen molar-refractivity contribution in [2.75, 3.05) is 19.6 Å². The zero-order chi connectivity index (χ0) is 27.4. The van der Waals surface area contributed by atoms with E-state index in [1.54, 1.807) is 11.0 Å². The van der Waals surface area contributed by atoms with Crippen LogP contribution in [-0.4, -0.2) is 84.6 Å². The zero-order valence-electron chi connectivity index (χ0n) is 21.9. The van der Waals surface area contributed by atoms with Gasteiger partial charge >= 0.3 is 0 Å². The van der Waals surface area contributed by atoms with Gasteiger partial charge in [0.2, 0.25) is 11.8 Å². The van der Waals surface area contributed by atoms with Crippen molar-refractivity contribution < 1.29 is 23.5 Å². The predicted octanol–water partition coefficient (Wildman–Crippen LogP) is 2.09. The molecule has 1 atom stereocenters. The Hall–Kier alpha value is -3.28. The minimum absolute atomic E-state index is 0.0107.